The third-order valence-electron chi connectivity index (χ3n) is 5.84. The first-order chi connectivity index (χ1) is 19.2. The molecule has 3 N–H and O–H groups in total. The molecule has 2 heterocycles. The van der Waals surface area contributed by atoms with Crippen LogP contribution >= 0.6 is 18.2 Å². The number of amides is 1. The summed E-state index contributed by atoms with van der Waals surface area (Å²) in [6.45, 7) is 3.32. The molecule has 5 atom stereocenters. The lowest BCUT2D eigenvalue weighted by Crippen LogP contribution is -2.55. The minimum atomic E-state index is -4.52. The van der Waals surface area contributed by atoms with Gasteiger partial charge in [0.15, 0.2) is 24.1 Å². The largest absolute Gasteiger partial charge is 0.462 e. The third-order valence-corrected chi connectivity index (χ3v) is 9.04. The molecule has 1 fully saturated rings. The van der Waals surface area contributed by atoms with Gasteiger partial charge in [-0.15, -0.1) is 0 Å². The summed E-state index contributed by atoms with van der Waals surface area (Å²) < 4.78 is 80.1. The topological polar surface area (TPSA) is 153 Å². The smallest absolute Gasteiger partial charge is 0.323 e. The zero-order chi connectivity index (χ0) is 32.4. The van der Waals surface area contributed by atoms with Gasteiger partial charge in [0, 0.05) is 6.20 Å². The monoisotopic (exact) mass is 669 g/mol. The summed E-state index contributed by atoms with van der Waals surface area (Å²) in [7, 11) is 0. The molecule has 0 radical (unpaired) electrons. The third kappa shape index (κ3) is 8.25. The maximum atomic E-state index is 15.2. The van der Waals surface area contributed by atoms with E-state index in [1.807, 2.05) is 0 Å². The van der Waals surface area contributed by atoms with E-state index in [2.05, 4.69) is 10.2 Å². The van der Waals surface area contributed by atoms with Gasteiger partial charge in [0.1, 0.15) is 17.1 Å². The summed E-state index contributed by atoms with van der Waals surface area (Å²) in [5.74, 6) is -8.32. The number of nitrogens with one attached hydrogen (secondary N) is 2. The van der Waals surface area contributed by atoms with Crippen molar-refractivity contribution in [1.29, 1.82) is 0 Å². The highest BCUT2D eigenvalue weighted by molar-refractivity contribution is 8.10. The Kier molecular flexibility index (Phi) is 12.1. The molecule has 0 aromatic heterocycles. The van der Waals surface area contributed by atoms with Gasteiger partial charge in [-0.05, 0) is 53.3 Å². The molecule has 0 aliphatic carbocycles. The van der Waals surface area contributed by atoms with Crippen molar-refractivity contribution in [1.82, 2.24) is 15.1 Å². The molecule has 0 saturated carbocycles. The summed E-state index contributed by atoms with van der Waals surface area (Å²) in [6.07, 6.45) is -11.5. The van der Waals surface area contributed by atoms with Crippen LogP contribution in [0.3, 0.4) is 0 Å². The standard InChI is InChI=1S/C23H33ClF4N3O9PS/c1-10(2)38-17(34)12(5)29-41(42,30-13(6)18(35)39-11(3)4)37-9-22(20(25)26)19(36)23(27,28)21(40-22)31-8-14(24)15(32)7-16(31)33/h8,10-13,19-21,36H,7,9H2,1-6H3,(H2,29,30,42)/t12-,13-,19+,21+,22+/m0/s1. The Morgan fingerprint density at radius 2 is 1.60 bits per heavy atom. The molecule has 19 heteroatoms. The Hall–Kier alpha value is -1.72. The van der Waals surface area contributed by atoms with Crippen LogP contribution in [0.15, 0.2) is 11.2 Å². The van der Waals surface area contributed by atoms with Crippen molar-refractivity contribution in [2.45, 2.75) is 103 Å². The van der Waals surface area contributed by atoms with E-state index >= 15 is 8.78 Å². The highest BCUT2D eigenvalue weighted by atomic mass is 35.5. The van der Waals surface area contributed by atoms with Crippen molar-refractivity contribution < 1.29 is 60.6 Å². The number of aliphatic hydroxyl groups excluding tert-OH is 1. The van der Waals surface area contributed by atoms with E-state index in [0.717, 1.165) is 0 Å². The highest BCUT2D eigenvalue weighted by Gasteiger charge is 2.72. The van der Waals surface area contributed by atoms with Gasteiger partial charge in [-0.2, -0.15) is 8.78 Å². The van der Waals surface area contributed by atoms with E-state index in [-0.39, 0.29) is 4.90 Å². The molecule has 12 nitrogen and oxygen atoms in total. The molecule has 42 heavy (non-hydrogen) atoms. The summed E-state index contributed by atoms with van der Waals surface area (Å²) in [5, 5.41) is 15.0. The number of esters is 2. The molecule has 1 saturated heterocycles. The Balaban J connectivity index is 2.43. The van der Waals surface area contributed by atoms with Gasteiger partial charge in [-0.25, -0.2) is 19.0 Å². The molecule has 240 valence electrons. The normalized spacial score (nSPS) is 26.1. The van der Waals surface area contributed by atoms with Crippen molar-refractivity contribution in [3.8, 4) is 0 Å². The van der Waals surface area contributed by atoms with E-state index in [1.165, 1.54) is 13.8 Å². The molecule has 0 aromatic rings. The predicted molar refractivity (Wildman–Crippen MR) is 143 cm³/mol. The molecule has 1 amide bonds. The molecular formula is C23H33ClF4N3O9PS. The number of allylic oxidation sites excluding steroid dienone is 1. The minimum absolute atomic E-state index is 0.150. The van der Waals surface area contributed by atoms with Crippen molar-refractivity contribution in [3.05, 3.63) is 11.2 Å². The van der Waals surface area contributed by atoms with E-state index in [0.29, 0.717) is 6.20 Å². The Morgan fingerprint density at radius 3 is 2.02 bits per heavy atom. The maximum Gasteiger partial charge on any atom is 0.323 e. The van der Waals surface area contributed by atoms with Crippen LogP contribution in [-0.4, -0.2) is 94.8 Å². The lowest BCUT2D eigenvalue weighted by atomic mass is 9.95. The number of hydrogen-bond donors (Lipinski definition) is 3. The van der Waals surface area contributed by atoms with Crippen LogP contribution in [0.2, 0.25) is 0 Å². The number of carbonyl (C=O) groups is 4. The molecule has 2 aliphatic rings. The number of ether oxygens (including phenoxy) is 3. The quantitative estimate of drug-likeness (QED) is 0.114. The van der Waals surface area contributed by atoms with E-state index < -0.39 is 103 Å². The van der Waals surface area contributed by atoms with Gasteiger partial charge in [0.2, 0.25) is 12.1 Å². The molecule has 0 aromatic carbocycles. The average molecular weight is 670 g/mol. The summed E-state index contributed by atoms with van der Waals surface area (Å²) in [4.78, 5) is 49.0. The van der Waals surface area contributed by atoms with Crippen LogP contribution in [-0.2, 0) is 49.7 Å². The summed E-state index contributed by atoms with van der Waals surface area (Å²) in [6, 6.07) is -2.50. The second-order valence-corrected chi connectivity index (χ2v) is 14.0. The van der Waals surface area contributed by atoms with E-state index in [4.69, 9.17) is 42.1 Å². The zero-order valence-electron chi connectivity index (χ0n) is 23.4. The molecule has 2 rings (SSSR count). The maximum absolute atomic E-state index is 15.2. The zero-order valence-corrected chi connectivity index (χ0v) is 25.9. The van der Waals surface area contributed by atoms with Crippen molar-refractivity contribution in [2.75, 3.05) is 6.61 Å². The number of ketones is 1. The Bertz CT molecular complexity index is 1110. The van der Waals surface area contributed by atoms with Gasteiger partial charge in [0.05, 0.1) is 25.2 Å². The molecular weight excluding hydrogens is 637 g/mol. The van der Waals surface area contributed by atoms with Crippen molar-refractivity contribution >= 4 is 53.6 Å². The van der Waals surface area contributed by atoms with Crippen LogP contribution in [0.1, 0.15) is 48.0 Å². The van der Waals surface area contributed by atoms with Crippen LogP contribution in [0.25, 0.3) is 0 Å². The summed E-state index contributed by atoms with van der Waals surface area (Å²) >= 11 is 11.1. The number of Topliss-reactive ketones (excluding diaryl/α,β-unsaturated/α-hetero) is 1. The predicted octanol–water partition coefficient (Wildman–Crippen LogP) is 2.32. The fourth-order valence-electron chi connectivity index (χ4n) is 3.77. The minimum Gasteiger partial charge on any atom is -0.462 e. The fourth-order valence-corrected chi connectivity index (χ4v) is 6.88. The number of nitrogens with zero attached hydrogens (tertiary/aromatic N) is 1. The van der Waals surface area contributed by atoms with Crippen LogP contribution < -0.4 is 10.2 Å². The Morgan fingerprint density at radius 1 is 1.12 bits per heavy atom. The number of carbonyl (C=O) groups excluding carboxylic acids is 4. The van der Waals surface area contributed by atoms with Crippen LogP contribution in [0.4, 0.5) is 17.6 Å². The number of hydrogen-bond acceptors (Lipinski definition) is 10. The van der Waals surface area contributed by atoms with Gasteiger partial charge < -0.3 is 23.8 Å². The number of rotatable bonds is 13. The average Bonchev–Trinajstić information content (AvgIpc) is 3.05. The molecule has 0 bridgehead atoms. The van der Waals surface area contributed by atoms with Crippen LogP contribution in [0, 0.1) is 0 Å². The van der Waals surface area contributed by atoms with E-state index in [9.17, 15) is 33.1 Å². The molecule has 0 unspecified atom stereocenters. The van der Waals surface area contributed by atoms with Crippen LogP contribution in [0.5, 0.6) is 0 Å². The van der Waals surface area contributed by atoms with Gasteiger partial charge >= 0.3 is 17.9 Å². The first kappa shape index (κ1) is 36.5. The second kappa shape index (κ2) is 13.9. The lowest BCUT2D eigenvalue weighted by molar-refractivity contribution is -0.200. The van der Waals surface area contributed by atoms with E-state index in [1.54, 1.807) is 27.7 Å². The number of alkyl halides is 4. The fraction of sp³-hybridized carbons (Fsp3) is 0.739. The SMILES string of the molecule is CC(C)OC(=O)[C@H](C)NP(=S)(N[C@@H](C)C(=O)OC(C)C)OC[C@@]1(C(F)F)O[C@@H](N2C=C(Cl)C(=O)CC2=O)C(F)(F)[C@@H]1O. The summed E-state index contributed by atoms with van der Waals surface area (Å²) in [5.41, 5.74) is -3.48. The van der Waals surface area contributed by atoms with Crippen molar-refractivity contribution in [3.63, 3.8) is 0 Å². The second-order valence-electron chi connectivity index (χ2n) is 10.2. The number of halogens is 5. The number of aliphatic hydroxyl groups is 1. The molecule has 2 aliphatic heterocycles. The van der Waals surface area contributed by atoms with Crippen molar-refractivity contribution in [2.24, 2.45) is 0 Å². The first-order valence-electron chi connectivity index (χ1n) is 12.6. The first-order valence-corrected chi connectivity index (χ1v) is 15.7. The van der Waals surface area contributed by atoms with Gasteiger partial charge in [-0.1, -0.05) is 11.6 Å². The highest BCUT2D eigenvalue weighted by Crippen LogP contribution is 2.50. The molecule has 0 spiro atoms. The Labute approximate surface area is 249 Å². The van der Waals surface area contributed by atoms with Gasteiger partial charge in [-0.3, -0.25) is 24.1 Å². The van der Waals surface area contributed by atoms with Gasteiger partial charge in [0.25, 0.3) is 6.43 Å². The lowest BCUT2D eigenvalue weighted by Gasteiger charge is -2.35.